The highest BCUT2D eigenvalue weighted by atomic mass is 16.6. The summed E-state index contributed by atoms with van der Waals surface area (Å²) in [5.41, 5.74) is 3.52. The van der Waals surface area contributed by atoms with E-state index in [1.807, 2.05) is 18.2 Å². The first kappa shape index (κ1) is 17.9. The van der Waals surface area contributed by atoms with Crippen LogP contribution in [0.1, 0.15) is 28.2 Å². The smallest absolute Gasteiger partial charge is 0.269 e. The number of ether oxygens (including phenoxy) is 1. The van der Waals surface area contributed by atoms with E-state index >= 15 is 0 Å². The first-order valence-corrected chi connectivity index (χ1v) is 9.33. The second kappa shape index (κ2) is 7.03. The van der Waals surface area contributed by atoms with Gasteiger partial charge in [-0.3, -0.25) is 14.9 Å². The fourth-order valence-corrected chi connectivity index (χ4v) is 3.44. The molecule has 0 spiro atoms. The van der Waals surface area contributed by atoms with Crippen LogP contribution >= 0.6 is 0 Å². The van der Waals surface area contributed by atoms with Crippen LogP contribution in [0, 0.1) is 10.1 Å². The first-order chi connectivity index (χ1) is 14.6. The van der Waals surface area contributed by atoms with Crippen molar-refractivity contribution in [2.24, 2.45) is 0 Å². The summed E-state index contributed by atoms with van der Waals surface area (Å²) in [7, 11) is 0. The van der Waals surface area contributed by atoms with E-state index in [1.165, 1.54) is 12.1 Å². The highest BCUT2D eigenvalue weighted by Crippen LogP contribution is 2.29. The van der Waals surface area contributed by atoms with Crippen LogP contribution in [-0.4, -0.2) is 37.1 Å². The maximum absolute atomic E-state index is 12.2. The van der Waals surface area contributed by atoms with Crippen molar-refractivity contribution in [2.45, 2.75) is 12.8 Å². The molecule has 30 heavy (non-hydrogen) atoms. The molecule has 0 unspecified atom stereocenters. The Bertz CT molecular complexity index is 1300. The maximum Gasteiger partial charge on any atom is 0.269 e. The molecule has 0 saturated carbocycles. The molecule has 1 aliphatic rings. The quantitative estimate of drug-likeness (QED) is 0.381. The van der Waals surface area contributed by atoms with E-state index in [4.69, 9.17) is 4.74 Å². The molecule has 148 valence electrons. The van der Waals surface area contributed by atoms with Crippen molar-refractivity contribution in [3.05, 3.63) is 81.7 Å². The van der Waals surface area contributed by atoms with Gasteiger partial charge in [0.25, 0.3) is 5.69 Å². The molecule has 3 heterocycles. The van der Waals surface area contributed by atoms with E-state index < -0.39 is 4.92 Å². The lowest BCUT2D eigenvalue weighted by Crippen LogP contribution is -2.15. The largest absolute Gasteiger partial charge is 0.492 e. The molecule has 9 heteroatoms. The maximum atomic E-state index is 12.2. The van der Waals surface area contributed by atoms with Crippen molar-refractivity contribution < 1.29 is 14.5 Å². The molecule has 5 rings (SSSR count). The summed E-state index contributed by atoms with van der Waals surface area (Å²) in [6, 6.07) is 15.4. The van der Waals surface area contributed by atoms with Crippen LogP contribution in [0.3, 0.4) is 0 Å². The molecule has 9 nitrogen and oxygen atoms in total. The van der Waals surface area contributed by atoms with Crippen molar-refractivity contribution in [1.29, 1.82) is 0 Å². The minimum atomic E-state index is -0.432. The molecular weight excluding hydrogens is 386 g/mol. The Balaban J connectivity index is 1.49. The van der Waals surface area contributed by atoms with Gasteiger partial charge < -0.3 is 4.74 Å². The number of benzene rings is 2. The van der Waals surface area contributed by atoms with Crippen molar-refractivity contribution >= 4 is 17.1 Å². The van der Waals surface area contributed by atoms with Crippen LogP contribution in [0.5, 0.6) is 5.75 Å². The van der Waals surface area contributed by atoms with Gasteiger partial charge in [-0.15, -0.1) is 10.2 Å². The second-order valence-electron chi connectivity index (χ2n) is 6.94. The van der Waals surface area contributed by atoms with Crippen molar-refractivity contribution in [1.82, 2.24) is 19.8 Å². The third kappa shape index (κ3) is 3.16. The van der Waals surface area contributed by atoms with Gasteiger partial charge in [0, 0.05) is 30.5 Å². The van der Waals surface area contributed by atoms with Gasteiger partial charge in [0.15, 0.2) is 17.3 Å². The summed E-state index contributed by atoms with van der Waals surface area (Å²) in [6.45, 7) is 0.405. The topological polar surface area (TPSA) is 113 Å². The van der Waals surface area contributed by atoms with Crippen LogP contribution in [0.2, 0.25) is 0 Å². The molecule has 0 bridgehead atoms. The number of nitrogens with zero attached hydrogens (tertiary/aromatic N) is 5. The summed E-state index contributed by atoms with van der Waals surface area (Å²) in [6.07, 6.45) is 0.792. The Kier molecular flexibility index (Phi) is 4.20. The third-order valence-corrected chi connectivity index (χ3v) is 5.00. The highest BCUT2D eigenvalue weighted by molar-refractivity contribution is 6.00. The van der Waals surface area contributed by atoms with Gasteiger partial charge in [-0.2, -0.15) is 9.61 Å². The molecule has 2 aromatic carbocycles. The molecular formula is C21H15N5O4. The molecule has 1 aliphatic heterocycles. The Morgan fingerprint density at radius 2 is 1.90 bits per heavy atom. The number of carbonyl (C=O) groups is 1. The summed E-state index contributed by atoms with van der Waals surface area (Å²) < 4.78 is 7.19. The lowest BCUT2D eigenvalue weighted by atomic mass is 10.0. The van der Waals surface area contributed by atoms with Crippen LogP contribution in [0.15, 0.2) is 54.6 Å². The highest BCUT2D eigenvalue weighted by Gasteiger charge is 2.19. The number of hydrogen-bond donors (Lipinski definition) is 0. The normalized spacial score (nSPS) is 13.1. The lowest BCUT2D eigenvalue weighted by Gasteiger charge is -2.16. The van der Waals surface area contributed by atoms with E-state index in [2.05, 4.69) is 15.3 Å². The Morgan fingerprint density at radius 1 is 1.07 bits per heavy atom. The molecule has 0 atom stereocenters. The minimum Gasteiger partial charge on any atom is -0.492 e. The van der Waals surface area contributed by atoms with E-state index in [0.29, 0.717) is 47.9 Å². The molecule has 0 radical (unpaired) electrons. The average Bonchev–Trinajstić information content (AvgIpc) is 3.16. The van der Waals surface area contributed by atoms with Gasteiger partial charge in [-0.25, -0.2) is 0 Å². The summed E-state index contributed by atoms with van der Waals surface area (Å²) >= 11 is 0. The molecule has 0 aliphatic carbocycles. The number of ketones is 1. The Labute approximate surface area is 170 Å². The van der Waals surface area contributed by atoms with Gasteiger partial charge in [0.05, 0.1) is 22.8 Å². The zero-order chi connectivity index (χ0) is 20.7. The Morgan fingerprint density at radius 3 is 2.70 bits per heavy atom. The monoisotopic (exact) mass is 401 g/mol. The minimum absolute atomic E-state index is 0.0381. The predicted octanol–water partition coefficient (Wildman–Crippen LogP) is 3.26. The van der Waals surface area contributed by atoms with Crippen LogP contribution in [-0.2, 0) is 6.42 Å². The van der Waals surface area contributed by atoms with Gasteiger partial charge in [-0.05, 0) is 35.9 Å². The number of nitro benzene ring substituents is 1. The summed E-state index contributed by atoms with van der Waals surface area (Å²) in [5, 5.41) is 23.8. The van der Waals surface area contributed by atoms with E-state index in [-0.39, 0.29) is 11.5 Å². The van der Waals surface area contributed by atoms with Crippen LogP contribution < -0.4 is 4.74 Å². The van der Waals surface area contributed by atoms with E-state index in [9.17, 15) is 14.9 Å². The third-order valence-electron chi connectivity index (χ3n) is 5.00. The van der Waals surface area contributed by atoms with Gasteiger partial charge in [0.1, 0.15) is 5.75 Å². The van der Waals surface area contributed by atoms with Crippen molar-refractivity contribution in [3.63, 3.8) is 0 Å². The number of fused-ring (bicyclic) bond motifs is 2. The standard InChI is InChI=1S/C21H15N5O4/c27-18-9-10-30-19-7-3-14(12-16(18)19)17-6-8-20-22-23-21(25(20)24-17)11-13-1-4-15(5-2-13)26(28)29/h1-8,12H,9-11H2. The summed E-state index contributed by atoms with van der Waals surface area (Å²) in [4.78, 5) is 22.6. The Hall–Kier alpha value is -4.14. The number of Topliss-reactive ketones (excluding diaryl/α,β-unsaturated/α-hetero) is 1. The zero-order valence-corrected chi connectivity index (χ0v) is 15.7. The van der Waals surface area contributed by atoms with Crippen LogP contribution in [0.4, 0.5) is 5.69 Å². The SMILES string of the molecule is O=C1CCOc2ccc(-c3ccc4nnc(Cc5ccc([N+](=O)[O-])cc5)n4n3)cc21. The fourth-order valence-electron chi connectivity index (χ4n) is 3.44. The summed E-state index contributed by atoms with van der Waals surface area (Å²) in [5.74, 6) is 1.26. The average molecular weight is 401 g/mol. The predicted molar refractivity (Wildman–Crippen MR) is 107 cm³/mol. The molecule has 0 saturated heterocycles. The number of nitro groups is 1. The number of non-ortho nitro benzene ring substituents is 1. The van der Waals surface area contributed by atoms with Gasteiger partial charge in [0.2, 0.25) is 0 Å². The number of rotatable bonds is 4. The fraction of sp³-hybridized carbons (Fsp3) is 0.143. The molecule has 0 amide bonds. The molecule has 0 N–H and O–H groups in total. The first-order valence-electron chi connectivity index (χ1n) is 9.33. The van der Waals surface area contributed by atoms with Crippen LogP contribution in [0.25, 0.3) is 16.9 Å². The molecule has 4 aromatic rings. The van der Waals surface area contributed by atoms with Gasteiger partial charge in [-0.1, -0.05) is 12.1 Å². The zero-order valence-electron chi connectivity index (χ0n) is 15.7. The van der Waals surface area contributed by atoms with E-state index in [0.717, 1.165) is 11.1 Å². The van der Waals surface area contributed by atoms with Crippen molar-refractivity contribution in [3.8, 4) is 17.0 Å². The van der Waals surface area contributed by atoms with Crippen molar-refractivity contribution in [2.75, 3.05) is 6.61 Å². The molecule has 2 aromatic heterocycles. The molecule has 0 fully saturated rings. The number of hydrogen-bond acceptors (Lipinski definition) is 7. The lowest BCUT2D eigenvalue weighted by molar-refractivity contribution is -0.384. The van der Waals surface area contributed by atoms with Gasteiger partial charge >= 0.3 is 0 Å². The number of carbonyl (C=O) groups excluding carboxylic acids is 1. The number of aromatic nitrogens is 4. The van der Waals surface area contributed by atoms with E-state index in [1.54, 1.807) is 28.8 Å². The second-order valence-corrected chi connectivity index (χ2v) is 6.94.